The van der Waals surface area contributed by atoms with Crippen LogP contribution in [-0.2, 0) is 0 Å². The third-order valence-corrected chi connectivity index (χ3v) is 3.65. The third kappa shape index (κ3) is 2.24. The Hall–Kier alpha value is -1.62. The van der Waals surface area contributed by atoms with Crippen LogP contribution in [-0.4, -0.2) is 16.9 Å². The SMILES string of the molecule is Cc1csc(-c2cnc(C(=O)NC3CC3)o2)c1. The number of hydrogen-bond donors (Lipinski definition) is 1. The maximum absolute atomic E-state index is 11.7. The molecule has 4 nitrogen and oxygen atoms in total. The van der Waals surface area contributed by atoms with Gasteiger partial charge in [0.1, 0.15) is 0 Å². The Bertz CT molecular complexity index is 554. The summed E-state index contributed by atoms with van der Waals surface area (Å²) >= 11 is 1.59. The number of oxazole rings is 1. The zero-order valence-electron chi connectivity index (χ0n) is 9.40. The predicted octanol–water partition coefficient (Wildman–Crippen LogP) is 2.60. The zero-order chi connectivity index (χ0) is 11.8. The zero-order valence-corrected chi connectivity index (χ0v) is 10.2. The molecule has 1 fully saturated rings. The minimum absolute atomic E-state index is 0.151. The summed E-state index contributed by atoms with van der Waals surface area (Å²) in [7, 11) is 0. The summed E-state index contributed by atoms with van der Waals surface area (Å²) in [5, 5.41) is 4.89. The van der Waals surface area contributed by atoms with Crippen LogP contribution in [0.1, 0.15) is 29.1 Å². The van der Waals surface area contributed by atoms with E-state index >= 15 is 0 Å². The highest BCUT2D eigenvalue weighted by atomic mass is 32.1. The Morgan fingerprint density at radius 1 is 1.59 bits per heavy atom. The molecule has 2 heterocycles. The van der Waals surface area contributed by atoms with Gasteiger partial charge >= 0.3 is 5.91 Å². The molecule has 5 heteroatoms. The largest absolute Gasteiger partial charge is 0.431 e. The van der Waals surface area contributed by atoms with Crippen LogP contribution in [0.25, 0.3) is 10.6 Å². The van der Waals surface area contributed by atoms with E-state index in [1.807, 2.05) is 18.4 Å². The van der Waals surface area contributed by atoms with Crippen molar-refractivity contribution in [2.75, 3.05) is 0 Å². The highest BCUT2D eigenvalue weighted by Crippen LogP contribution is 2.27. The van der Waals surface area contributed by atoms with Crippen molar-refractivity contribution in [1.29, 1.82) is 0 Å². The summed E-state index contributed by atoms with van der Waals surface area (Å²) in [6, 6.07) is 2.34. The maximum atomic E-state index is 11.7. The van der Waals surface area contributed by atoms with Gasteiger partial charge in [-0.25, -0.2) is 4.98 Å². The number of nitrogens with one attached hydrogen (secondary N) is 1. The predicted molar refractivity (Wildman–Crippen MR) is 65.0 cm³/mol. The van der Waals surface area contributed by atoms with Crippen molar-refractivity contribution in [3.8, 4) is 10.6 Å². The molecule has 1 N–H and O–H groups in total. The lowest BCUT2D eigenvalue weighted by atomic mass is 10.3. The summed E-state index contributed by atoms with van der Waals surface area (Å²) in [6.45, 7) is 2.02. The fraction of sp³-hybridized carbons (Fsp3) is 0.333. The topological polar surface area (TPSA) is 55.1 Å². The molecule has 0 saturated heterocycles. The molecule has 1 amide bonds. The number of hydrogen-bond acceptors (Lipinski definition) is 4. The number of thiophene rings is 1. The standard InChI is InChI=1S/C12H12N2O2S/c1-7-4-10(17-6-7)9-5-13-12(16-9)11(15)14-8-2-3-8/h4-6,8H,2-3H2,1H3,(H,14,15). The second-order valence-corrected chi connectivity index (χ2v) is 5.18. The van der Waals surface area contributed by atoms with E-state index in [1.165, 1.54) is 5.56 Å². The van der Waals surface area contributed by atoms with Gasteiger partial charge in [-0.3, -0.25) is 4.79 Å². The molecule has 3 rings (SSSR count). The Morgan fingerprint density at radius 3 is 3.06 bits per heavy atom. The first kappa shape index (κ1) is 10.5. The van der Waals surface area contributed by atoms with E-state index in [2.05, 4.69) is 10.3 Å². The van der Waals surface area contributed by atoms with Gasteiger partial charge < -0.3 is 9.73 Å². The Balaban J connectivity index is 1.79. The van der Waals surface area contributed by atoms with Gasteiger partial charge in [-0.2, -0.15) is 0 Å². The first-order chi connectivity index (χ1) is 8.22. The number of carbonyl (C=O) groups is 1. The second-order valence-electron chi connectivity index (χ2n) is 4.27. The lowest BCUT2D eigenvalue weighted by molar-refractivity contribution is 0.0917. The summed E-state index contributed by atoms with van der Waals surface area (Å²) in [6.07, 6.45) is 3.72. The number of amides is 1. The van der Waals surface area contributed by atoms with Gasteiger partial charge in [0.2, 0.25) is 0 Å². The summed E-state index contributed by atoms with van der Waals surface area (Å²) < 4.78 is 5.46. The van der Waals surface area contributed by atoms with E-state index in [0.717, 1.165) is 17.7 Å². The van der Waals surface area contributed by atoms with Crippen LogP contribution in [0.2, 0.25) is 0 Å². The molecule has 0 radical (unpaired) electrons. The molecule has 1 aliphatic rings. The van der Waals surface area contributed by atoms with Gasteiger partial charge in [0.25, 0.3) is 5.89 Å². The van der Waals surface area contributed by atoms with Gasteiger partial charge in [-0.05, 0) is 36.8 Å². The second kappa shape index (κ2) is 4.00. The van der Waals surface area contributed by atoms with Crippen LogP contribution in [0, 0.1) is 6.92 Å². The van der Waals surface area contributed by atoms with Crippen molar-refractivity contribution in [2.24, 2.45) is 0 Å². The third-order valence-electron chi connectivity index (χ3n) is 2.59. The molecule has 2 aromatic rings. The number of rotatable bonds is 3. The quantitative estimate of drug-likeness (QED) is 0.908. The summed E-state index contributed by atoms with van der Waals surface area (Å²) in [5.74, 6) is 0.592. The van der Waals surface area contributed by atoms with E-state index in [9.17, 15) is 4.79 Å². The molecule has 0 spiro atoms. The first-order valence-corrected chi connectivity index (χ1v) is 6.42. The van der Waals surface area contributed by atoms with Crippen LogP contribution >= 0.6 is 11.3 Å². The van der Waals surface area contributed by atoms with Crippen LogP contribution < -0.4 is 5.32 Å². The van der Waals surface area contributed by atoms with E-state index in [4.69, 9.17) is 4.42 Å². The van der Waals surface area contributed by atoms with Gasteiger partial charge in [-0.15, -0.1) is 11.3 Å². The van der Waals surface area contributed by atoms with Crippen LogP contribution in [0.15, 0.2) is 22.1 Å². The molecular formula is C12H12N2O2S. The van der Waals surface area contributed by atoms with E-state index in [-0.39, 0.29) is 11.8 Å². The first-order valence-electron chi connectivity index (χ1n) is 5.54. The van der Waals surface area contributed by atoms with Crippen molar-refractivity contribution in [1.82, 2.24) is 10.3 Å². The van der Waals surface area contributed by atoms with Gasteiger partial charge in [0.05, 0.1) is 11.1 Å². The lowest BCUT2D eigenvalue weighted by Gasteiger charge is -1.97. The molecule has 0 atom stereocenters. The van der Waals surface area contributed by atoms with Crippen molar-refractivity contribution in [2.45, 2.75) is 25.8 Å². The molecule has 1 aliphatic carbocycles. The van der Waals surface area contributed by atoms with Gasteiger partial charge in [0, 0.05) is 6.04 Å². The molecule has 0 bridgehead atoms. The average molecular weight is 248 g/mol. The summed E-state index contributed by atoms with van der Waals surface area (Å²) in [5.41, 5.74) is 1.19. The average Bonchev–Trinajstić information content (AvgIpc) is 2.81. The van der Waals surface area contributed by atoms with E-state index in [0.29, 0.717) is 11.8 Å². The Morgan fingerprint density at radius 2 is 2.41 bits per heavy atom. The number of carbonyl (C=O) groups excluding carboxylic acids is 1. The van der Waals surface area contributed by atoms with Gasteiger partial charge in [0.15, 0.2) is 5.76 Å². The molecule has 17 heavy (non-hydrogen) atoms. The number of aryl methyl sites for hydroxylation is 1. The van der Waals surface area contributed by atoms with Crippen LogP contribution in [0.4, 0.5) is 0 Å². The smallest absolute Gasteiger partial charge is 0.307 e. The molecule has 1 saturated carbocycles. The number of aromatic nitrogens is 1. The molecule has 88 valence electrons. The van der Waals surface area contributed by atoms with E-state index in [1.54, 1.807) is 17.5 Å². The molecule has 2 aromatic heterocycles. The normalized spacial score (nSPS) is 14.9. The fourth-order valence-corrected chi connectivity index (χ4v) is 2.37. The molecule has 0 unspecified atom stereocenters. The van der Waals surface area contributed by atoms with Crippen molar-refractivity contribution < 1.29 is 9.21 Å². The minimum Gasteiger partial charge on any atom is -0.431 e. The minimum atomic E-state index is -0.216. The highest BCUT2D eigenvalue weighted by molar-refractivity contribution is 7.13. The molecular weight excluding hydrogens is 236 g/mol. The van der Waals surface area contributed by atoms with Crippen molar-refractivity contribution in [3.63, 3.8) is 0 Å². The van der Waals surface area contributed by atoms with Crippen LogP contribution in [0.5, 0.6) is 0 Å². The Kier molecular flexibility index (Phi) is 2.48. The molecule has 0 aromatic carbocycles. The number of nitrogens with zero attached hydrogens (tertiary/aromatic N) is 1. The highest BCUT2D eigenvalue weighted by Gasteiger charge is 2.26. The fourth-order valence-electron chi connectivity index (χ4n) is 1.53. The molecule has 0 aliphatic heterocycles. The van der Waals surface area contributed by atoms with Crippen LogP contribution in [0.3, 0.4) is 0 Å². The Labute approximate surface area is 103 Å². The maximum Gasteiger partial charge on any atom is 0.307 e. The van der Waals surface area contributed by atoms with Crippen molar-refractivity contribution >= 4 is 17.2 Å². The van der Waals surface area contributed by atoms with Crippen molar-refractivity contribution in [3.05, 3.63) is 29.1 Å². The van der Waals surface area contributed by atoms with E-state index < -0.39 is 0 Å². The monoisotopic (exact) mass is 248 g/mol. The van der Waals surface area contributed by atoms with Gasteiger partial charge in [-0.1, -0.05) is 0 Å². The summed E-state index contributed by atoms with van der Waals surface area (Å²) in [4.78, 5) is 16.7. The lowest BCUT2D eigenvalue weighted by Crippen LogP contribution is -2.25.